The lowest BCUT2D eigenvalue weighted by Crippen LogP contribution is -2.55. The number of ether oxygens (including phenoxy) is 2. The maximum Gasteiger partial charge on any atom is 0.258 e. The fourth-order valence-electron chi connectivity index (χ4n) is 5.50. The Morgan fingerprint density at radius 3 is 2.50 bits per heavy atom. The highest BCUT2D eigenvalue weighted by molar-refractivity contribution is 7.85. The highest BCUT2D eigenvalue weighted by Crippen LogP contribution is 2.46. The maximum atomic E-state index is 13.4. The Kier molecular flexibility index (Phi) is 10.4. The van der Waals surface area contributed by atoms with E-state index in [1.807, 2.05) is 45.2 Å². The van der Waals surface area contributed by atoms with E-state index in [-0.39, 0.29) is 28.6 Å². The number of carbonyl (C=O) groups is 2. The van der Waals surface area contributed by atoms with Crippen molar-refractivity contribution in [3.05, 3.63) is 53.6 Å². The van der Waals surface area contributed by atoms with Crippen molar-refractivity contribution < 1.29 is 23.3 Å². The molecule has 258 valence electrons. The molecule has 2 aliphatic carbocycles. The molecule has 1 saturated heterocycles. The Morgan fingerprint density at radius 2 is 1.92 bits per heavy atom. The largest absolute Gasteiger partial charge is 0.496 e. The molecule has 0 spiro atoms. The van der Waals surface area contributed by atoms with Crippen molar-refractivity contribution in [2.45, 2.75) is 95.6 Å². The molecule has 3 fully saturated rings. The molecular formula is C35H46N6O5S2. The summed E-state index contributed by atoms with van der Waals surface area (Å²) in [6.45, 7) is 19.7. The van der Waals surface area contributed by atoms with Crippen molar-refractivity contribution in [1.29, 1.82) is 0 Å². The number of amides is 2. The Labute approximate surface area is 289 Å². The summed E-state index contributed by atoms with van der Waals surface area (Å²) in [5, 5.41) is 9.63. The zero-order valence-electron chi connectivity index (χ0n) is 28.8. The van der Waals surface area contributed by atoms with Crippen LogP contribution in [0, 0.1) is 12.8 Å². The lowest BCUT2D eigenvalue weighted by atomic mass is 10.1. The number of aryl methyl sites for hydroxylation is 1. The van der Waals surface area contributed by atoms with Crippen molar-refractivity contribution >= 4 is 45.0 Å². The van der Waals surface area contributed by atoms with Gasteiger partial charge < -0.3 is 20.1 Å². The van der Waals surface area contributed by atoms with Crippen LogP contribution < -0.4 is 24.8 Å². The predicted octanol–water partition coefficient (Wildman–Crippen LogP) is 5.28. The predicted molar refractivity (Wildman–Crippen MR) is 190 cm³/mol. The van der Waals surface area contributed by atoms with Crippen molar-refractivity contribution in [3.63, 3.8) is 0 Å². The van der Waals surface area contributed by atoms with Crippen LogP contribution in [-0.2, 0) is 20.6 Å². The Bertz CT molecular complexity index is 1770. The minimum absolute atomic E-state index is 0.225. The van der Waals surface area contributed by atoms with Crippen molar-refractivity contribution in [1.82, 2.24) is 30.3 Å². The number of carbonyl (C=O) groups excluding carboxylic acids is 2. The molecule has 3 aliphatic rings. The summed E-state index contributed by atoms with van der Waals surface area (Å²) in [6, 6.07) is 3.17. The summed E-state index contributed by atoms with van der Waals surface area (Å²) < 4.78 is 26.9. The van der Waals surface area contributed by atoms with Gasteiger partial charge in [-0.3, -0.25) is 14.3 Å². The van der Waals surface area contributed by atoms with E-state index >= 15 is 0 Å². The van der Waals surface area contributed by atoms with Crippen molar-refractivity contribution in [2.24, 2.45) is 5.92 Å². The highest BCUT2D eigenvalue weighted by atomic mass is 32.2. The summed E-state index contributed by atoms with van der Waals surface area (Å²) in [7, 11) is 0.121. The summed E-state index contributed by atoms with van der Waals surface area (Å²) >= 11 is 1.49. The number of allylic oxidation sites excluding steroid dienone is 1. The SMILES string of the molecule is C=C(C)C.C=CC1C[C@]1(NC(=O)[C@@H]1C[C@@H](Oc2nc(-c3nc(C(C)C)cs3)nc3c(C)c(OC)ccc23)CN1)C(=O)NS(=O)C1(C)CC1. The summed E-state index contributed by atoms with van der Waals surface area (Å²) in [5.41, 5.74) is 2.57. The molecule has 2 amide bonds. The normalized spacial score (nSPS) is 24.2. The smallest absolute Gasteiger partial charge is 0.258 e. The molecule has 48 heavy (non-hydrogen) atoms. The van der Waals surface area contributed by atoms with Gasteiger partial charge in [-0.05, 0) is 65.0 Å². The van der Waals surface area contributed by atoms with Crippen LogP contribution in [0.3, 0.4) is 0 Å². The van der Waals surface area contributed by atoms with E-state index in [0.717, 1.165) is 29.5 Å². The first kappa shape index (κ1) is 35.6. The molecule has 0 bridgehead atoms. The fraction of sp³-hybridized carbons (Fsp3) is 0.514. The minimum atomic E-state index is -1.50. The molecule has 2 unspecified atom stereocenters. The van der Waals surface area contributed by atoms with Crippen LogP contribution in [0.25, 0.3) is 21.7 Å². The Hall–Kier alpha value is -3.68. The van der Waals surface area contributed by atoms with E-state index in [4.69, 9.17) is 24.4 Å². The van der Waals surface area contributed by atoms with Crippen LogP contribution in [0.1, 0.15) is 77.5 Å². The second kappa shape index (κ2) is 14.0. The van der Waals surface area contributed by atoms with Gasteiger partial charge in [-0.15, -0.1) is 24.5 Å². The molecule has 5 atom stereocenters. The van der Waals surface area contributed by atoms with Crippen LogP contribution in [-0.4, -0.2) is 67.1 Å². The van der Waals surface area contributed by atoms with Gasteiger partial charge in [-0.25, -0.2) is 14.2 Å². The third-order valence-corrected chi connectivity index (χ3v) is 11.4. The van der Waals surface area contributed by atoms with E-state index < -0.39 is 28.5 Å². The van der Waals surface area contributed by atoms with E-state index in [0.29, 0.717) is 47.4 Å². The van der Waals surface area contributed by atoms with E-state index in [9.17, 15) is 13.8 Å². The highest BCUT2D eigenvalue weighted by Gasteiger charge is 2.61. The Balaban J connectivity index is 0.00000107. The van der Waals surface area contributed by atoms with E-state index in [1.165, 1.54) is 16.9 Å². The topological polar surface area (TPSA) is 144 Å². The van der Waals surface area contributed by atoms with Gasteiger partial charge in [0.05, 0.1) is 34.5 Å². The quantitative estimate of drug-likeness (QED) is 0.229. The number of methoxy groups -OCH3 is 1. The van der Waals surface area contributed by atoms with Gasteiger partial charge in [-0.1, -0.05) is 25.5 Å². The zero-order chi connectivity index (χ0) is 35.0. The minimum Gasteiger partial charge on any atom is -0.496 e. The molecule has 1 aliphatic heterocycles. The lowest BCUT2D eigenvalue weighted by molar-refractivity contribution is -0.130. The first-order chi connectivity index (χ1) is 22.7. The second-order valence-corrected chi connectivity index (χ2v) is 16.3. The van der Waals surface area contributed by atoms with Gasteiger partial charge >= 0.3 is 0 Å². The molecule has 2 saturated carbocycles. The molecule has 2 aromatic heterocycles. The maximum absolute atomic E-state index is 13.4. The average Bonchev–Trinajstić information content (AvgIpc) is 3.79. The molecule has 3 N–H and O–H groups in total. The van der Waals surface area contributed by atoms with Gasteiger partial charge in [0.1, 0.15) is 28.4 Å². The number of hydrogen-bond donors (Lipinski definition) is 3. The molecule has 11 nitrogen and oxygen atoms in total. The number of thiazole rings is 1. The Morgan fingerprint density at radius 1 is 1.21 bits per heavy atom. The molecule has 6 rings (SSSR count). The summed E-state index contributed by atoms with van der Waals surface area (Å²) in [5.74, 6) is 0.897. The summed E-state index contributed by atoms with van der Waals surface area (Å²) in [4.78, 5) is 41.0. The first-order valence-corrected chi connectivity index (χ1v) is 18.2. The van der Waals surface area contributed by atoms with Gasteiger partial charge in [0.15, 0.2) is 10.8 Å². The molecule has 13 heteroatoms. The number of benzene rings is 1. The van der Waals surface area contributed by atoms with Crippen LogP contribution in [0.5, 0.6) is 11.6 Å². The van der Waals surface area contributed by atoms with Crippen LogP contribution >= 0.6 is 11.3 Å². The first-order valence-electron chi connectivity index (χ1n) is 16.2. The van der Waals surface area contributed by atoms with E-state index in [2.05, 4.69) is 42.4 Å². The standard InChI is InChI=1S/C31H38N6O5S2.C4H8/c1-7-18-13-31(18,29(39)37-44(40)30(5)10-11-30)36-26(38)21-12-19(14-32-21)42-27-20-8-9-23(41-6)17(4)24(20)34-25(35-27)28-33-22(15-43-28)16(2)3;1-4(2)3/h7-9,15-16,18-19,21,32H,1,10-14H2,2-6H3,(H,36,38)(H,37,39);1H2,2-3H3/t18?,19-,21+,31-,44?;/m1./s1. The van der Waals surface area contributed by atoms with E-state index in [1.54, 1.807) is 13.2 Å². The molecule has 1 aromatic carbocycles. The van der Waals surface area contributed by atoms with Crippen LogP contribution in [0.15, 0.2) is 42.3 Å². The summed E-state index contributed by atoms with van der Waals surface area (Å²) in [6.07, 6.45) is 3.70. The zero-order valence-corrected chi connectivity index (χ0v) is 30.4. The average molecular weight is 695 g/mol. The third kappa shape index (κ3) is 7.47. The number of nitrogens with one attached hydrogen (secondary N) is 3. The van der Waals surface area contributed by atoms with Gasteiger partial charge in [0.25, 0.3) is 5.91 Å². The number of hydrogen-bond acceptors (Lipinski definition) is 10. The monoisotopic (exact) mass is 694 g/mol. The van der Waals surface area contributed by atoms with Gasteiger partial charge in [0, 0.05) is 29.8 Å². The number of fused-ring (bicyclic) bond motifs is 1. The van der Waals surface area contributed by atoms with Crippen molar-refractivity contribution in [3.8, 4) is 22.5 Å². The molecule has 0 radical (unpaired) electrons. The molecular weight excluding hydrogens is 649 g/mol. The van der Waals surface area contributed by atoms with Crippen LogP contribution in [0.2, 0.25) is 0 Å². The van der Waals surface area contributed by atoms with Crippen LogP contribution in [0.4, 0.5) is 0 Å². The van der Waals surface area contributed by atoms with Gasteiger partial charge in [0.2, 0.25) is 11.8 Å². The lowest BCUT2D eigenvalue weighted by Gasteiger charge is -2.21. The molecule has 3 heterocycles. The second-order valence-electron chi connectivity index (χ2n) is 13.7. The number of nitrogens with zero attached hydrogens (tertiary/aromatic N) is 3. The fourth-order valence-corrected chi connectivity index (χ4v) is 7.48. The molecule has 3 aromatic rings. The van der Waals surface area contributed by atoms with Gasteiger partial charge in [-0.2, -0.15) is 4.98 Å². The van der Waals surface area contributed by atoms with Crippen molar-refractivity contribution in [2.75, 3.05) is 13.7 Å². The number of aromatic nitrogens is 3. The third-order valence-electron chi connectivity index (χ3n) is 8.88. The number of rotatable bonds is 11.